The van der Waals surface area contributed by atoms with Crippen molar-refractivity contribution in [2.24, 2.45) is 7.05 Å². The second-order valence-electron chi connectivity index (χ2n) is 3.72. The summed E-state index contributed by atoms with van der Waals surface area (Å²) in [5, 5.41) is 20.0. The van der Waals surface area contributed by atoms with Crippen LogP contribution in [-0.4, -0.2) is 26.9 Å². The van der Waals surface area contributed by atoms with Crippen LogP contribution in [0, 0.1) is 0 Å². The number of thiophene rings is 1. The van der Waals surface area contributed by atoms with E-state index in [0.717, 1.165) is 17.0 Å². The van der Waals surface area contributed by atoms with Crippen molar-refractivity contribution in [3.8, 4) is 0 Å². The molecule has 0 aliphatic heterocycles. The number of amides is 2. The Labute approximate surface area is 112 Å². The number of anilines is 1. The molecule has 2 amide bonds. The molecule has 0 atom stereocenters. The number of hydrogen-bond acceptors (Lipinski definition) is 4. The summed E-state index contributed by atoms with van der Waals surface area (Å²) in [5.74, 6) is -1.07. The third-order valence-corrected chi connectivity index (χ3v) is 3.31. The molecule has 0 aliphatic carbocycles. The van der Waals surface area contributed by atoms with E-state index < -0.39 is 12.0 Å². The zero-order chi connectivity index (χ0) is 13.8. The number of hydrogen-bond donors (Lipinski definition) is 3. The van der Waals surface area contributed by atoms with Gasteiger partial charge in [-0.25, -0.2) is 9.59 Å². The quantitative estimate of drug-likeness (QED) is 0.790. The number of urea groups is 1. The molecule has 0 fully saturated rings. The number of nitrogens with one attached hydrogen (secondary N) is 2. The lowest BCUT2D eigenvalue weighted by atomic mass is 10.3. The molecule has 2 heterocycles. The Hall–Kier alpha value is -2.35. The van der Waals surface area contributed by atoms with Crippen molar-refractivity contribution >= 4 is 28.3 Å². The molecule has 100 valence electrons. The molecule has 2 aromatic heterocycles. The molecule has 0 aliphatic rings. The summed E-state index contributed by atoms with van der Waals surface area (Å²) in [5.41, 5.74) is 0.931. The van der Waals surface area contributed by atoms with Crippen molar-refractivity contribution < 1.29 is 14.7 Å². The molecule has 2 aromatic rings. The van der Waals surface area contributed by atoms with Gasteiger partial charge < -0.3 is 10.4 Å². The van der Waals surface area contributed by atoms with Gasteiger partial charge in [-0.05, 0) is 17.5 Å². The average molecular weight is 280 g/mol. The predicted octanol–water partition coefficient (Wildman–Crippen LogP) is 1.50. The van der Waals surface area contributed by atoms with Crippen LogP contribution in [0.2, 0.25) is 0 Å². The number of carbonyl (C=O) groups excluding carboxylic acids is 1. The molecule has 19 heavy (non-hydrogen) atoms. The predicted molar refractivity (Wildman–Crippen MR) is 70.3 cm³/mol. The number of aryl methyl sites for hydroxylation is 1. The maximum atomic E-state index is 11.7. The summed E-state index contributed by atoms with van der Waals surface area (Å²) in [4.78, 5) is 22.5. The molecule has 0 bridgehead atoms. The fraction of sp³-hybridized carbons (Fsp3) is 0.182. The minimum atomic E-state index is -1.07. The van der Waals surface area contributed by atoms with Crippen LogP contribution < -0.4 is 10.6 Å². The minimum Gasteiger partial charge on any atom is -0.478 e. The molecule has 8 heteroatoms. The van der Waals surface area contributed by atoms with Crippen LogP contribution in [0.15, 0.2) is 23.7 Å². The van der Waals surface area contributed by atoms with Gasteiger partial charge in [-0.2, -0.15) is 5.10 Å². The topological polar surface area (TPSA) is 96.3 Å². The van der Waals surface area contributed by atoms with Gasteiger partial charge in [-0.3, -0.25) is 10.00 Å². The smallest absolute Gasteiger partial charge is 0.338 e. The second-order valence-corrected chi connectivity index (χ2v) is 4.64. The molecule has 2 rings (SSSR count). The van der Waals surface area contributed by atoms with Crippen LogP contribution in [0.5, 0.6) is 0 Å². The van der Waals surface area contributed by atoms with Gasteiger partial charge in [0.1, 0.15) is 5.00 Å². The minimum absolute atomic E-state index is 0.0840. The number of carboxylic acids is 1. The van der Waals surface area contributed by atoms with Crippen LogP contribution in [0.25, 0.3) is 0 Å². The van der Waals surface area contributed by atoms with Crippen molar-refractivity contribution in [1.82, 2.24) is 15.1 Å². The van der Waals surface area contributed by atoms with Crippen LogP contribution >= 0.6 is 11.3 Å². The summed E-state index contributed by atoms with van der Waals surface area (Å²) in [6, 6.07) is 2.78. The average Bonchev–Trinajstić information content (AvgIpc) is 2.95. The Morgan fingerprint density at radius 2 is 2.26 bits per heavy atom. The fourth-order valence-electron chi connectivity index (χ4n) is 1.47. The zero-order valence-electron chi connectivity index (χ0n) is 10.1. The highest BCUT2D eigenvalue weighted by Crippen LogP contribution is 2.22. The first-order valence-corrected chi connectivity index (χ1v) is 6.28. The Morgan fingerprint density at radius 1 is 1.47 bits per heavy atom. The van der Waals surface area contributed by atoms with E-state index in [9.17, 15) is 9.59 Å². The van der Waals surface area contributed by atoms with Gasteiger partial charge in [0.05, 0.1) is 17.8 Å². The number of aromatic nitrogens is 2. The van der Waals surface area contributed by atoms with Gasteiger partial charge in [0.15, 0.2) is 0 Å². The number of aromatic carboxylic acids is 1. The molecule has 7 nitrogen and oxygen atoms in total. The SMILES string of the molecule is Cn1nccc1CNC(=O)Nc1sccc1C(=O)O. The summed E-state index contributed by atoms with van der Waals surface area (Å²) in [7, 11) is 1.77. The van der Waals surface area contributed by atoms with Crippen LogP contribution in [0.3, 0.4) is 0 Å². The largest absolute Gasteiger partial charge is 0.478 e. The highest BCUT2D eigenvalue weighted by atomic mass is 32.1. The van der Waals surface area contributed by atoms with Crippen LogP contribution in [0.4, 0.5) is 9.80 Å². The maximum Gasteiger partial charge on any atom is 0.338 e. The second kappa shape index (κ2) is 5.53. The normalized spacial score (nSPS) is 10.2. The van der Waals surface area contributed by atoms with Crippen molar-refractivity contribution in [1.29, 1.82) is 0 Å². The van der Waals surface area contributed by atoms with Crippen molar-refractivity contribution in [2.45, 2.75) is 6.54 Å². The van der Waals surface area contributed by atoms with Gasteiger partial charge in [-0.1, -0.05) is 0 Å². The standard InChI is InChI=1S/C11H12N4O3S/c1-15-7(2-4-13-15)6-12-11(18)14-9-8(10(16)17)3-5-19-9/h2-5H,6H2,1H3,(H,16,17)(H2,12,14,18). The molecule has 0 unspecified atom stereocenters. The fourth-order valence-corrected chi connectivity index (χ4v) is 2.24. The molecule has 3 N–H and O–H groups in total. The van der Waals surface area contributed by atoms with Crippen LogP contribution in [0.1, 0.15) is 16.1 Å². The van der Waals surface area contributed by atoms with Crippen molar-refractivity contribution in [3.63, 3.8) is 0 Å². The van der Waals surface area contributed by atoms with Gasteiger partial charge in [0.2, 0.25) is 0 Å². The number of rotatable bonds is 4. The van der Waals surface area contributed by atoms with Crippen molar-refractivity contribution in [2.75, 3.05) is 5.32 Å². The number of nitrogens with zero attached hydrogens (tertiary/aromatic N) is 2. The first kappa shape index (κ1) is 13.1. The van der Waals surface area contributed by atoms with Crippen LogP contribution in [-0.2, 0) is 13.6 Å². The van der Waals surface area contributed by atoms with E-state index in [-0.39, 0.29) is 5.56 Å². The van der Waals surface area contributed by atoms with E-state index in [1.165, 1.54) is 6.07 Å². The van der Waals surface area contributed by atoms with Gasteiger partial charge in [0, 0.05) is 13.2 Å². The molecule has 0 aromatic carbocycles. The van der Waals surface area contributed by atoms with E-state index in [2.05, 4.69) is 15.7 Å². The lowest BCUT2D eigenvalue weighted by molar-refractivity contribution is 0.0698. The van der Waals surface area contributed by atoms with E-state index >= 15 is 0 Å². The van der Waals surface area contributed by atoms with E-state index in [4.69, 9.17) is 5.11 Å². The lowest BCUT2D eigenvalue weighted by Crippen LogP contribution is -2.29. The van der Waals surface area contributed by atoms with E-state index in [1.54, 1.807) is 29.4 Å². The molecule has 0 spiro atoms. The maximum absolute atomic E-state index is 11.7. The third-order valence-electron chi connectivity index (χ3n) is 2.48. The van der Waals surface area contributed by atoms with Crippen molar-refractivity contribution in [3.05, 3.63) is 35.0 Å². The molecule has 0 radical (unpaired) electrons. The lowest BCUT2D eigenvalue weighted by Gasteiger charge is -2.07. The Balaban J connectivity index is 1.93. The number of carbonyl (C=O) groups is 2. The molecular weight excluding hydrogens is 268 g/mol. The van der Waals surface area contributed by atoms with E-state index in [0.29, 0.717) is 11.5 Å². The monoisotopic (exact) mass is 280 g/mol. The highest BCUT2D eigenvalue weighted by molar-refractivity contribution is 7.14. The zero-order valence-corrected chi connectivity index (χ0v) is 10.9. The Bertz CT molecular complexity index is 605. The highest BCUT2D eigenvalue weighted by Gasteiger charge is 2.13. The molecular formula is C11H12N4O3S. The first-order chi connectivity index (χ1) is 9.08. The summed E-state index contributed by atoms with van der Waals surface area (Å²) >= 11 is 1.16. The summed E-state index contributed by atoms with van der Waals surface area (Å²) < 4.78 is 1.65. The third kappa shape index (κ3) is 3.10. The Morgan fingerprint density at radius 3 is 2.89 bits per heavy atom. The van der Waals surface area contributed by atoms with Gasteiger partial charge >= 0.3 is 12.0 Å². The first-order valence-electron chi connectivity index (χ1n) is 5.40. The molecule has 0 saturated carbocycles. The Kier molecular flexibility index (Phi) is 3.81. The molecule has 0 saturated heterocycles. The summed E-state index contributed by atoms with van der Waals surface area (Å²) in [6.07, 6.45) is 1.64. The van der Waals surface area contributed by atoms with Gasteiger partial charge in [-0.15, -0.1) is 11.3 Å². The van der Waals surface area contributed by atoms with Gasteiger partial charge in [0.25, 0.3) is 0 Å². The summed E-state index contributed by atoms with van der Waals surface area (Å²) in [6.45, 7) is 0.316. The van der Waals surface area contributed by atoms with E-state index in [1.807, 2.05) is 0 Å². The number of carboxylic acid groups (broad SMARTS) is 1.